The summed E-state index contributed by atoms with van der Waals surface area (Å²) in [6.07, 6.45) is 20.0. The number of carbonyl (C=O) groups excluding carboxylic acids is 2. The Morgan fingerprint density at radius 1 is 0.697 bits per heavy atom. The first kappa shape index (κ1) is 30.2. The Balaban J connectivity index is 0.000000434. The number of carbonyl (C=O) groups is 2. The second-order valence-corrected chi connectivity index (χ2v) is 6.19. The van der Waals surface area contributed by atoms with Crippen molar-refractivity contribution in [3.63, 3.8) is 0 Å². The molecule has 0 bridgehead atoms. The SMILES string of the molecule is CC(=O)c1ccc(F)[c-]c1F.CC(=O)c1ccc(F)[c-]c1F.[C-]1=CC=CC1.[C-]1=CC=CC1.[Ti+4]. The third kappa shape index (κ3) is 12.7. The summed E-state index contributed by atoms with van der Waals surface area (Å²) in [5.41, 5.74) is -0.266. The van der Waals surface area contributed by atoms with Crippen LogP contribution >= 0.6 is 0 Å². The number of ketones is 2. The van der Waals surface area contributed by atoms with E-state index in [0.717, 1.165) is 37.1 Å². The fourth-order valence-electron chi connectivity index (χ4n) is 2.11. The summed E-state index contributed by atoms with van der Waals surface area (Å²) in [5, 5.41) is 0. The van der Waals surface area contributed by atoms with Gasteiger partial charge in [0.2, 0.25) is 0 Å². The van der Waals surface area contributed by atoms with Crippen LogP contribution in [0, 0.1) is 47.6 Å². The largest absolute Gasteiger partial charge is 4.00 e. The zero-order chi connectivity index (χ0) is 23.9. The van der Waals surface area contributed by atoms with Gasteiger partial charge in [0, 0.05) is 23.3 Å². The van der Waals surface area contributed by atoms with Crippen LogP contribution in [-0.4, -0.2) is 11.6 Å². The molecule has 0 atom stereocenters. The van der Waals surface area contributed by atoms with Crippen LogP contribution in [0.15, 0.2) is 60.7 Å². The zero-order valence-corrected chi connectivity index (χ0v) is 19.6. The molecule has 33 heavy (non-hydrogen) atoms. The first-order valence-corrected chi connectivity index (χ1v) is 9.42. The third-order valence-electron chi connectivity index (χ3n) is 3.65. The van der Waals surface area contributed by atoms with Crippen molar-refractivity contribution in [1.29, 1.82) is 0 Å². The topological polar surface area (TPSA) is 34.1 Å². The molecule has 0 saturated heterocycles. The molecule has 0 unspecified atom stereocenters. The van der Waals surface area contributed by atoms with Gasteiger partial charge in [0.25, 0.3) is 0 Å². The van der Waals surface area contributed by atoms with Crippen molar-refractivity contribution in [1.82, 2.24) is 0 Å². The molecule has 0 amide bonds. The Bertz CT molecular complexity index is 937. The van der Waals surface area contributed by atoms with Gasteiger partial charge in [0.1, 0.15) is 11.6 Å². The summed E-state index contributed by atoms with van der Waals surface area (Å²) in [6, 6.07) is 7.73. The van der Waals surface area contributed by atoms with Gasteiger partial charge < -0.3 is 9.59 Å². The molecule has 2 aliphatic rings. The molecule has 7 heteroatoms. The molecule has 0 aromatic heterocycles. The first-order chi connectivity index (χ1) is 15.2. The van der Waals surface area contributed by atoms with Gasteiger partial charge in [-0.05, 0) is 13.8 Å². The monoisotopic (exact) mass is 488 g/mol. The van der Waals surface area contributed by atoms with E-state index < -0.39 is 34.8 Å². The quantitative estimate of drug-likeness (QED) is 0.208. The van der Waals surface area contributed by atoms with Crippen molar-refractivity contribution in [2.75, 3.05) is 0 Å². The van der Waals surface area contributed by atoms with Crippen molar-refractivity contribution in [2.45, 2.75) is 26.7 Å². The van der Waals surface area contributed by atoms with E-state index in [1.165, 1.54) is 13.8 Å². The molecule has 0 saturated carbocycles. The minimum Gasteiger partial charge on any atom is -0.309 e. The Morgan fingerprint density at radius 2 is 1.06 bits per heavy atom. The van der Waals surface area contributed by atoms with Crippen LogP contribution in [0.4, 0.5) is 17.6 Å². The number of Topliss-reactive ketones (excluding diaryl/α,β-unsaturated/α-hetero) is 2. The molecule has 4 rings (SSSR count). The third-order valence-corrected chi connectivity index (χ3v) is 3.65. The van der Waals surface area contributed by atoms with E-state index in [4.69, 9.17) is 0 Å². The Labute approximate surface area is 206 Å². The molecule has 0 fully saturated rings. The minimum absolute atomic E-state index is 0. The predicted molar refractivity (Wildman–Crippen MR) is 114 cm³/mol. The Kier molecular flexibility index (Phi) is 15.3. The van der Waals surface area contributed by atoms with E-state index in [2.05, 4.69) is 24.3 Å². The van der Waals surface area contributed by atoms with Gasteiger partial charge in [-0.1, -0.05) is 11.1 Å². The van der Waals surface area contributed by atoms with Gasteiger partial charge in [-0.2, -0.15) is 24.3 Å². The van der Waals surface area contributed by atoms with Crippen molar-refractivity contribution in [3.05, 3.63) is 119 Å². The van der Waals surface area contributed by atoms with Gasteiger partial charge in [-0.15, -0.1) is 37.1 Å². The molecule has 2 aromatic rings. The van der Waals surface area contributed by atoms with E-state index in [1.807, 2.05) is 24.3 Å². The maximum absolute atomic E-state index is 12.6. The smallest absolute Gasteiger partial charge is 0.309 e. The van der Waals surface area contributed by atoms with Crippen LogP contribution in [0.25, 0.3) is 0 Å². The van der Waals surface area contributed by atoms with Crippen LogP contribution in [0.3, 0.4) is 0 Å². The average molecular weight is 488 g/mol. The summed E-state index contributed by atoms with van der Waals surface area (Å²) < 4.78 is 49.6. The molecular formula is C26H20F4O2Ti. The Morgan fingerprint density at radius 3 is 1.24 bits per heavy atom. The van der Waals surface area contributed by atoms with Crippen molar-refractivity contribution >= 4 is 11.6 Å². The van der Waals surface area contributed by atoms with E-state index in [9.17, 15) is 27.2 Å². The summed E-state index contributed by atoms with van der Waals surface area (Å²) >= 11 is 0. The molecule has 2 nitrogen and oxygen atoms in total. The minimum atomic E-state index is -0.933. The van der Waals surface area contributed by atoms with Crippen LogP contribution in [0.2, 0.25) is 0 Å². The first-order valence-electron chi connectivity index (χ1n) is 9.42. The molecule has 0 heterocycles. The molecule has 168 valence electrons. The normalized spacial score (nSPS) is 11.8. The number of rotatable bonds is 2. The predicted octanol–water partition coefficient (Wildman–Crippen LogP) is 6.54. The molecule has 0 radical (unpaired) electrons. The average Bonchev–Trinajstić information content (AvgIpc) is 3.47. The number of hydrogen-bond acceptors (Lipinski definition) is 2. The molecular weight excluding hydrogens is 468 g/mol. The summed E-state index contributed by atoms with van der Waals surface area (Å²) in [5.74, 6) is -4.33. The number of allylic oxidation sites excluding steroid dienone is 8. The number of benzene rings is 2. The van der Waals surface area contributed by atoms with E-state index in [1.54, 1.807) is 12.1 Å². The van der Waals surface area contributed by atoms with Crippen LogP contribution in [0.5, 0.6) is 0 Å². The molecule has 0 spiro atoms. The summed E-state index contributed by atoms with van der Waals surface area (Å²) in [6.45, 7) is 2.42. The van der Waals surface area contributed by atoms with Gasteiger partial charge in [0.05, 0.1) is 0 Å². The fourth-order valence-corrected chi connectivity index (χ4v) is 2.11. The molecule has 0 aliphatic heterocycles. The van der Waals surface area contributed by atoms with Crippen molar-refractivity contribution < 1.29 is 48.9 Å². The maximum atomic E-state index is 12.6. The molecule has 2 aliphatic carbocycles. The number of halogens is 4. The van der Waals surface area contributed by atoms with Gasteiger partial charge in [-0.3, -0.25) is 12.2 Å². The fraction of sp³-hybridized carbons (Fsp3) is 0.154. The van der Waals surface area contributed by atoms with Gasteiger partial charge in [-0.25, -0.2) is 41.9 Å². The van der Waals surface area contributed by atoms with Crippen LogP contribution in [0.1, 0.15) is 47.4 Å². The van der Waals surface area contributed by atoms with E-state index in [0.29, 0.717) is 0 Å². The molecule has 0 N–H and O–H groups in total. The van der Waals surface area contributed by atoms with Crippen molar-refractivity contribution in [2.24, 2.45) is 0 Å². The van der Waals surface area contributed by atoms with Gasteiger partial charge in [0.15, 0.2) is 0 Å². The summed E-state index contributed by atoms with van der Waals surface area (Å²) in [7, 11) is 0. The van der Waals surface area contributed by atoms with Crippen LogP contribution < -0.4 is 0 Å². The van der Waals surface area contributed by atoms with Crippen LogP contribution in [-0.2, 0) is 21.7 Å². The second kappa shape index (κ2) is 16.8. The molecule has 2 aromatic carbocycles. The van der Waals surface area contributed by atoms with E-state index >= 15 is 0 Å². The summed E-state index contributed by atoms with van der Waals surface area (Å²) in [4.78, 5) is 21.2. The van der Waals surface area contributed by atoms with Crippen molar-refractivity contribution in [3.8, 4) is 0 Å². The Hall–Kier alpha value is -2.83. The zero-order valence-electron chi connectivity index (χ0n) is 18.0. The van der Waals surface area contributed by atoms with Gasteiger partial charge >= 0.3 is 21.7 Å². The maximum Gasteiger partial charge on any atom is 4.00 e. The second-order valence-electron chi connectivity index (χ2n) is 6.19. The standard InChI is InChI=1S/2C8H5F2O.2C5H5.Ti/c2*1-5(11)7-3-2-6(9)4-8(7)10;2*1-2-4-5-3-1;/h2*2-3H,1H3;2*1-3H,4H2;/q4*-1;+4. The number of hydrogen-bond donors (Lipinski definition) is 0. The van der Waals surface area contributed by atoms with E-state index in [-0.39, 0.29) is 32.8 Å².